The van der Waals surface area contributed by atoms with E-state index in [0.29, 0.717) is 5.69 Å². The highest BCUT2D eigenvalue weighted by Crippen LogP contribution is 2.02. The molecule has 4 heteroatoms. The second-order valence-corrected chi connectivity index (χ2v) is 2.59. The molecule has 0 aliphatic carbocycles. The summed E-state index contributed by atoms with van der Waals surface area (Å²) in [4.78, 5) is 10.9. The molecule has 0 aromatic carbocycles. The maximum atomic E-state index is 10.9. The molecule has 1 N–H and O–H groups in total. The number of ketones is 1. The van der Waals surface area contributed by atoms with E-state index in [0.717, 1.165) is 0 Å². The average Bonchev–Trinajstić information content (AvgIpc) is 2.36. The van der Waals surface area contributed by atoms with Crippen molar-refractivity contribution in [3.63, 3.8) is 0 Å². The molecule has 0 amide bonds. The Morgan fingerprint density at radius 2 is 2.60 bits per heavy atom. The number of nitrogens with zero attached hydrogens (tertiary/aromatic N) is 1. The summed E-state index contributed by atoms with van der Waals surface area (Å²) in [5.41, 5.74) is 0.347. The van der Waals surface area contributed by atoms with Crippen LogP contribution in [-0.4, -0.2) is 21.4 Å². The summed E-state index contributed by atoms with van der Waals surface area (Å²) in [7, 11) is 0. The molecule has 1 aromatic rings. The number of aliphatic hydroxyl groups excluding tert-OH is 1. The predicted molar refractivity (Wildman–Crippen MR) is 38.1 cm³/mol. The summed E-state index contributed by atoms with van der Waals surface area (Å²) in [6, 6.07) is 1.60. The van der Waals surface area contributed by atoms with Crippen molar-refractivity contribution >= 4 is 17.3 Å². The molecule has 0 saturated carbocycles. The molecule has 1 unspecified atom stereocenters. The lowest BCUT2D eigenvalue weighted by atomic mass is 10.2. The Kier molecular flexibility index (Phi) is 2.13. The molecule has 54 valence electrons. The van der Waals surface area contributed by atoms with Gasteiger partial charge in [-0.25, -0.2) is 0 Å². The third kappa shape index (κ3) is 1.40. The first-order valence-corrected chi connectivity index (χ1v) is 3.68. The van der Waals surface area contributed by atoms with Crippen LogP contribution < -0.4 is 0 Å². The minimum Gasteiger partial charge on any atom is -0.385 e. The van der Waals surface area contributed by atoms with Crippen LogP contribution in [0.3, 0.4) is 0 Å². The van der Waals surface area contributed by atoms with E-state index in [9.17, 15) is 4.79 Å². The van der Waals surface area contributed by atoms with Gasteiger partial charge < -0.3 is 5.11 Å². The number of rotatable bonds is 2. The third-order valence-electron chi connectivity index (χ3n) is 1.07. The topological polar surface area (TPSA) is 50.2 Å². The summed E-state index contributed by atoms with van der Waals surface area (Å²) in [5, 5.41) is 10.5. The largest absolute Gasteiger partial charge is 0.385 e. The van der Waals surface area contributed by atoms with Crippen molar-refractivity contribution in [2.75, 3.05) is 0 Å². The third-order valence-corrected chi connectivity index (χ3v) is 1.63. The van der Waals surface area contributed by atoms with E-state index in [1.807, 2.05) is 0 Å². The van der Waals surface area contributed by atoms with Gasteiger partial charge in [-0.2, -0.15) is 4.37 Å². The molecule has 0 aliphatic rings. The van der Waals surface area contributed by atoms with Crippen LogP contribution in [-0.2, 0) is 0 Å². The molecule has 0 fully saturated rings. The van der Waals surface area contributed by atoms with Crippen molar-refractivity contribution in [1.29, 1.82) is 0 Å². The molecule has 1 rings (SSSR count). The highest BCUT2D eigenvalue weighted by atomic mass is 32.1. The number of Topliss-reactive ketones (excluding diaryl/α,β-unsaturated/α-hetero) is 1. The number of aromatic nitrogens is 1. The molecule has 1 heterocycles. The van der Waals surface area contributed by atoms with E-state index >= 15 is 0 Å². The SMILES string of the molecule is CC(O)C(=O)c1ccsn1. The van der Waals surface area contributed by atoms with E-state index in [1.165, 1.54) is 18.5 Å². The lowest BCUT2D eigenvalue weighted by molar-refractivity contribution is 0.0775. The molecule has 10 heavy (non-hydrogen) atoms. The van der Waals surface area contributed by atoms with E-state index in [1.54, 1.807) is 11.4 Å². The van der Waals surface area contributed by atoms with Gasteiger partial charge in [0.25, 0.3) is 0 Å². The second kappa shape index (κ2) is 2.90. The fourth-order valence-corrected chi connectivity index (χ4v) is 1.07. The van der Waals surface area contributed by atoms with Crippen LogP contribution in [0, 0.1) is 0 Å². The Hall–Kier alpha value is -0.740. The van der Waals surface area contributed by atoms with Crippen LogP contribution in [0.5, 0.6) is 0 Å². The second-order valence-electron chi connectivity index (χ2n) is 1.92. The summed E-state index contributed by atoms with van der Waals surface area (Å²) < 4.78 is 3.77. The summed E-state index contributed by atoms with van der Waals surface area (Å²) in [6.07, 6.45) is -0.943. The lowest BCUT2D eigenvalue weighted by Gasteiger charge is -1.96. The number of hydrogen-bond donors (Lipinski definition) is 1. The Bertz CT molecular complexity index is 218. The van der Waals surface area contributed by atoms with Gasteiger partial charge in [0.1, 0.15) is 11.8 Å². The average molecular weight is 157 g/mol. The molecule has 1 atom stereocenters. The van der Waals surface area contributed by atoms with Crippen LogP contribution in [0.2, 0.25) is 0 Å². The highest BCUT2D eigenvalue weighted by molar-refractivity contribution is 7.03. The Morgan fingerprint density at radius 1 is 1.90 bits per heavy atom. The number of aliphatic hydroxyl groups is 1. The van der Waals surface area contributed by atoms with Gasteiger partial charge >= 0.3 is 0 Å². The van der Waals surface area contributed by atoms with E-state index < -0.39 is 6.10 Å². The van der Waals surface area contributed by atoms with Crippen LogP contribution in [0.4, 0.5) is 0 Å². The van der Waals surface area contributed by atoms with Crippen molar-refractivity contribution in [2.45, 2.75) is 13.0 Å². The van der Waals surface area contributed by atoms with Gasteiger partial charge in [0.05, 0.1) is 0 Å². The molecule has 0 bridgehead atoms. The van der Waals surface area contributed by atoms with Crippen LogP contribution in [0.1, 0.15) is 17.4 Å². The Balaban J connectivity index is 2.78. The normalized spacial score (nSPS) is 13.0. The minimum absolute atomic E-state index is 0.318. The molecule has 0 radical (unpaired) electrons. The first kappa shape index (κ1) is 7.37. The van der Waals surface area contributed by atoms with Crippen molar-refractivity contribution < 1.29 is 9.90 Å². The van der Waals surface area contributed by atoms with Gasteiger partial charge in [0.15, 0.2) is 0 Å². The zero-order chi connectivity index (χ0) is 7.56. The van der Waals surface area contributed by atoms with Gasteiger partial charge in [-0.3, -0.25) is 4.79 Å². The van der Waals surface area contributed by atoms with E-state index in [2.05, 4.69) is 4.37 Å². The standard InChI is InChI=1S/C6H7NO2S/c1-4(8)6(9)5-2-3-10-7-5/h2-4,8H,1H3. The molecule has 0 aliphatic heterocycles. The fourth-order valence-electron chi connectivity index (χ4n) is 0.554. The molecular formula is C6H7NO2S. The van der Waals surface area contributed by atoms with Gasteiger partial charge in [0.2, 0.25) is 5.78 Å². The first-order chi connectivity index (χ1) is 4.72. The monoisotopic (exact) mass is 157 g/mol. The zero-order valence-electron chi connectivity index (χ0n) is 5.44. The molecule has 3 nitrogen and oxygen atoms in total. The smallest absolute Gasteiger partial charge is 0.210 e. The molecule has 0 spiro atoms. The fraction of sp³-hybridized carbons (Fsp3) is 0.333. The minimum atomic E-state index is -0.943. The Labute approximate surface area is 62.5 Å². The van der Waals surface area contributed by atoms with Crippen molar-refractivity contribution in [2.24, 2.45) is 0 Å². The number of carbonyl (C=O) groups is 1. The summed E-state index contributed by atoms with van der Waals surface area (Å²) >= 11 is 1.20. The Morgan fingerprint density at radius 3 is 3.00 bits per heavy atom. The highest BCUT2D eigenvalue weighted by Gasteiger charge is 2.12. The molecule has 1 aromatic heterocycles. The van der Waals surface area contributed by atoms with E-state index in [4.69, 9.17) is 5.11 Å². The van der Waals surface area contributed by atoms with Gasteiger partial charge in [-0.15, -0.1) is 0 Å². The zero-order valence-corrected chi connectivity index (χ0v) is 6.26. The van der Waals surface area contributed by atoms with Crippen molar-refractivity contribution in [1.82, 2.24) is 4.37 Å². The van der Waals surface area contributed by atoms with Crippen LogP contribution in [0.15, 0.2) is 11.4 Å². The van der Waals surface area contributed by atoms with E-state index in [-0.39, 0.29) is 5.78 Å². The summed E-state index contributed by atoms with van der Waals surface area (Å²) in [6.45, 7) is 1.43. The molecule has 0 saturated heterocycles. The maximum Gasteiger partial charge on any atom is 0.210 e. The number of carbonyl (C=O) groups excluding carboxylic acids is 1. The predicted octanol–water partition coefficient (Wildman–Crippen LogP) is 0.707. The van der Waals surface area contributed by atoms with Crippen molar-refractivity contribution in [3.8, 4) is 0 Å². The van der Waals surface area contributed by atoms with Crippen LogP contribution in [0.25, 0.3) is 0 Å². The maximum absolute atomic E-state index is 10.9. The quantitative estimate of drug-likeness (QED) is 0.643. The number of hydrogen-bond acceptors (Lipinski definition) is 4. The van der Waals surface area contributed by atoms with Gasteiger partial charge in [0, 0.05) is 5.38 Å². The first-order valence-electron chi connectivity index (χ1n) is 2.84. The van der Waals surface area contributed by atoms with Crippen molar-refractivity contribution in [3.05, 3.63) is 17.1 Å². The van der Waals surface area contributed by atoms with Gasteiger partial charge in [-0.05, 0) is 24.5 Å². The summed E-state index contributed by atoms with van der Waals surface area (Å²) in [5.74, 6) is -0.318. The van der Waals surface area contributed by atoms with Gasteiger partial charge in [-0.1, -0.05) is 0 Å². The molecular weight excluding hydrogens is 150 g/mol. The lowest BCUT2D eigenvalue weighted by Crippen LogP contribution is -2.15. The van der Waals surface area contributed by atoms with Crippen LogP contribution >= 0.6 is 11.5 Å².